The third-order valence-electron chi connectivity index (χ3n) is 5.76. The fraction of sp³-hybridized carbons (Fsp3) is 0.391. The first-order valence-electron chi connectivity index (χ1n) is 9.94. The maximum Gasteiger partial charge on any atom is 0.253 e. The van der Waals surface area contributed by atoms with Crippen LogP contribution in [0.25, 0.3) is 0 Å². The molecule has 0 saturated carbocycles. The Hall–Kier alpha value is -2.66. The Morgan fingerprint density at radius 3 is 2.46 bits per heavy atom. The standard InChI is InChI=1S/C23H26N2O3/c1-28-16-17-6-8-19(9-7-17)23(27)24-14-12-20(13-15-24)25-21-5-3-2-4-18(21)10-11-22(25)26/h2-9,20H,10-16H2,1H3. The van der Waals surface area contributed by atoms with Gasteiger partial charge in [0.2, 0.25) is 5.91 Å². The molecule has 1 fully saturated rings. The van der Waals surface area contributed by atoms with E-state index in [1.807, 2.05) is 52.3 Å². The molecule has 0 unspecified atom stereocenters. The highest BCUT2D eigenvalue weighted by molar-refractivity contribution is 5.97. The third-order valence-corrected chi connectivity index (χ3v) is 5.76. The monoisotopic (exact) mass is 378 g/mol. The van der Waals surface area contributed by atoms with Gasteiger partial charge in [0.1, 0.15) is 0 Å². The molecule has 4 rings (SSSR count). The second-order valence-electron chi connectivity index (χ2n) is 7.55. The number of nitrogens with zero attached hydrogens (tertiary/aromatic N) is 2. The lowest BCUT2D eigenvalue weighted by atomic mass is 9.95. The van der Waals surface area contributed by atoms with Crippen LogP contribution in [0.3, 0.4) is 0 Å². The molecule has 0 spiro atoms. The molecule has 2 heterocycles. The number of aryl methyl sites for hydroxylation is 1. The summed E-state index contributed by atoms with van der Waals surface area (Å²) in [4.78, 5) is 29.3. The minimum absolute atomic E-state index is 0.0628. The average Bonchev–Trinajstić information content (AvgIpc) is 2.74. The van der Waals surface area contributed by atoms with E-state index in [9.17, 15) is 9.59 Å². The molecule has 2 aromatic rings. The summed E-state index contributed by atoms with van der Waals surface area (Å²) in [5, 5.41) is 0. The molecule has 2 aliphatic rings. The second-order valence-corrected chi connectivity index (χ2v) is 7.55. The van der Waals surface area contributed by atoms with E-state index in [4.69, 9.17) is 4.74 Å². The molecule has 0 aromatic heterocycles. The van der Waals surface area contributed by atoms with Gasteiger partial charge in [-0.05, 0) is 48.6 Å². The van der Waals surface area contributed by atoms with Gasteiger partial charge < -0.3 is 14.5 Å². The number of likely N-dealkylation sites (tertiary alicyclic amines) is 1. The van der Waals surface area contributed by atoms with E-state index in [2.05, 4.69) is 6.07 Å². The van der Waals surface area contributed by atoms with Gasteiger partial charge in [0.05, 0.1) is 6.61 Å². The van der Waals surface area contributed by atoms with E-state index in [1.165, 1.54) is 5.56 Å². The maximum atomic E-state index is 12.8. The van der Waals surface area contributed by atoms with E-state index < -0.39 is 0 Å². The van der Waals surface area contributed by atoms with Crippen LogP contribution >= 0.6 is 0 Å². The number of piperidine rings is 1. The molecule has 5 nitrogen and oxygen atoms in total. The van der Waals surface area contributed by atoms with Crippen molar-refractivity contribution in [1.29, 1.82) is 0 Å². The fourth-order valence-corrected chi connectivity index (χ4v) is 4.27. The summed E-state index contributed by atoms with van der Waals surface area (Å²) in [5.74, 6) is 0.269. The van der Waals surface area contributed by atoms with E-state index >= 15 is 0 Å². The lowest BCUT2D eigenvalue weighted by Crippen LogP contribution is -2.50. The van der Waals surface area contributed by atoms with Crippen LogP contribution in [0.15, 0.2) is 48.5 Å². The number of fused-ring (bicyclic) bond motifs is 1. The van der Waals surface area contributed by atoms with Gasteiger partial charge in [0, 0.05) is 43.9 Å². The molecule has 1 saturated heterocycles. The van der Waals surface area contributed by atoms with Crippen molar-refractivity contribution in [2.24, 2.45) is 0 Å². The molecule has 0 N–H and O–H groups in total. The predicted molar refractivity (Wildman–Crippen MR) is 108 cm³/mol. The molecular weight excluding hydrogens is 352 g/mol. The summed E-state index contributed by atoms with van der Waals surface area (Å²) in [6, 6.07) is 16.0. The van der Waals surface area contributed by atoms with E-state index in [0.717, 1.165) is 30.5 Å². The maximum absolute atomic E-state index is 12.8. The summed E-state index contributed by atoms with van der Waals surface area (Å²) in [5.41, 5.74) is 4.06. The minimum atomic E-state index is 0.0628. The topological polar surface area (TPSA) is 49.9 Å². The lowest BCUT2D eigenvalue weighted by Gasteiger charge is -2.41. The lowest BCUT2D eigenvalue weighted by molar-refractivity contribution is -0.119. The van der Waals surface area contributed by atoms with Crippen molar-refractivity contribution in [3.8, 4) is 0 Å². The van der Waals surface area contributed by atoms with Crippen LogP contribution in [-0.2, 0) is 22.6 Å². The number of benzene rings is 2. The number of hydrogen-bond donors (Lipinski definition) is 0. The van der Waals surface area contributed by atoms with Crippen molar-refractivity contribution in [2.75, 3.05) is 25.1 Å². The van der Waals surface area contributed by atoms with Crippen molar-refractivity contribution < 1.29 is 14.3 Å². The van der Waals surface area contributed by atoms with Crippen LogP contribution in [-0.4, -0.2) is 43.0 Å². The van der Waals surface area contributed by atoms with E-state index in [1.54, 1.807) is 7.11 Å². The molecule has 146 valence electrons. The summed E-state index contributed by atoms with van der Waals surface area (Å²) in [6.45, 7) is 1.90. The number of ether oxygens (including phenoxy) is 1. The first-order valence-corrected chi connectivity index (χ1v) is 9.94. The Morgan fingerprint density at radius 1 is 1.04 bits per heavy atom. The zero-order chi connectivity index (χ0) is 19.5. The van der Waals surface area contributed by atoms with Crippen LogP contribution in [0, 0.1) is 0 Å². The summed E-state index contributed by atoms with van der Waals surface area (Å²) in [6.07, 6.45) is 3.02. The van der Waals surface area contributed by atoms with Gasteiger partial charge in [-0.15, -0.1) is 0 Å². The molecule has 0 aliphatic carbocycles. The van der Waals surface area contributed by atoms with Crippen LogP contribution in [0.5, 0.6) is 0 Å². The summed E-state index contributed by atoms with van der Waals surface area (Å²) in [7, 11) is 1.66. The zero-order valence-electron chi connectivity index (χ0n) is 16.3. The fourth-order valence-electron chi connectivity index (χ4n) is 4.27. The number of anilines is 1. The Kier molecular flexibility index (Phi) is 5.44. The molecule has 28 heavy (non-hydrogen) atoms. The van der Waals surface area contributed by atoms with Gasteiger partial charge in [-0.3, -0.25) is 9.59 Å². The highest BCUT2D eigenvalue weighted by Crippen LogP contribution is 2.32. The molecule has 0 radical (unpaired) electrons. The minimum Gasteiger partial charge on any atom is -0.380 e. The molecule has 2 aliphatic heterocycles. The number of carbonyl (C=O) groups excluding carboxylic acids is 2. The Bertz CT molecular complexity index is 854. The number of rotatable bonds is 4. The predicted octanol–water partition coefficient (Wildman–Crippen LogP) is 3.42. The number of carbonyl (C=O) groups is 2. The van der Waals surface area contributed by atoms with Crippen molar-refractivity contribution >= 4 is 17.5 Å². The van der Waals surface area contributed by atoms with Gasteiger partial charge in [0.25, 0.3) is 5.91 Å². The molecule has 0 atom stereocenters. The van der Waals surface area contributed by atoms with Crippen LogP contribution in [0.4, 0.5) is 5.69 Å². The van der Waals surface area contributed by atoms with Crippen LogP contribution < -0.4 is 4.90 Å². The molecule has 5 heteroatoms. The Balaban J connectivity index is 1.42. The van der Waals surface area contributed by atoms with Gasteiger partial charge in [0.15, 0.2) is 0 Å². The Morgan fingerprint density at radius 2 is 1.75 bits per heavy atom. The van der Waals surface area contributed by atoms with Gasteiger partial charge in [-0.2, -0.15) is 0 Å². The summed E-state index contributed by atoms with van der Waals surface area (Å²) < 4.78 is 5.12. The quantitative estimate of drug-likeness (QED) is 0.819. The van der Waals surface area contributed by atoms with E-state index in [-0.39, 0.29) is 17.9 Å². The molecule has 2 amide bonds. The summed E-state index contributed by atoms with van der Waals surface area (Å²) >= 11 is 0. The smallest absolute Gasteiger partial charge is 0.253 e. The van der Waals surface area contributed by atoms with Gasteiger partial charge in [-0.1, -0.05) is 30.3 Å². The Labute approximate surface area is 165 Å². The van der Waals surface area contributed by atoms with Crippen molar-refractivity contribution in [3.63, 3.8) is 0 Å². The van der Waals surface area contributed by atoms with Crippen molar-refractivity contribution in [3.05, 3.63) is 65.2 Å². The zero-order valence-corrected chi connectivity index (χ0v) is 16.3. The molecule has 2 aromatic carbocycles. The van der Waals surface area contributed by atoms with Crippen molar-refractivity contribution in [1.82, 2.24) is 4.90 Å². The van der Waals surface area contributed by atoms with Crippen LogP contribution in [0.2, 0.25) is 0 Å². The normalized spacial score (nSPS) is 17.5. The van der Waals surface area contributed by atoms with Gasteiger partial charge >= 0.3 is 0 Å². The first-order chi connectivity index (χ1) is 13.7. The van der Waals surface area contributed by atoms with Crippen LogP contribution in [0.1, 0.15) is 40.7 Å². The molecule has 0 bridgehead atoms. The first kappa shape index (κ1) is 18.7. The highest BCUT2D eigenvalue weighted by atomic mass is 16.5. The van der Waals surface area contributed by atoms with Gasteiger partial charge in [-0.25, -0.2) is 0 Å². The SMILES string of the molecule is COCc1ccc(C(=O)N2CCC(N3C(=O)CCc4ccccc43)CC2)cc1. The highest BCUT2D eigenvalue weighted by Gasteiger charge is 2.33. The molecular formula is C23H26N2O3. The average molecular weight is 378 g/mol. The number of hydrogen-bond acceptors (Lipinski definition) is 3. The number of methoxy groups -OCH3 is 1. The van der Waals surface area contributed by atoms with Crippen molar-refractivity contribution in [2.45, 2.75) is 38.3 Å². The number of para-hydroxylation sites is 1. The van der Waals surface area contributed by atoms with E-state index in [0.29, 0.717) is 31.7 Å². The second kappa shape index (κ2) is 8.15. The largest absolute Gasteiger partial charge is 0.380 e. The third kappa shape index (κ3) is 3.67. The number of amides is 2.